The van der Waals surface area contributed by atoms with Crippen molar-refractivity contribution in [2.45, 2.75) is 13.0 Å². The number of benzene rings is 1. The second-order valence-corrected chi connectivity index (χ2v) is 3.84. The van der Waals surface area contributed by atoms with Crippen LogP contribution in [0, 0.1) is 0 Å². The molecule has 1 aliphatic rings. The Morgan fingerprint density at radius 3 is 2.88 bits per heavy atom. The third-order valence-corrected chi connectivity index (χ3v) is 2.73. The van der Waals surface area contributed by atoms with Gasteiger partial charge in [0.05, 0.1) is 6.04 Å². The number of allylic oxidation sites excluding steroid dienone is 1. The first-order valence-corrected chi connectivity index (χ1v) is 5.25. The Morgan fingerprint density at radius 1 is 1.25 bits per heavy atom. The first-order valence-electron chi connectivity index (χ1n) is 5.25. The monoisotopic (exact) mass is 212 g/mol. The molecule has 0 saturated heterocycles. The molecule has 1 aromatic heterocycles. The van der Waals surface area contributed by atoms with E-state index in [4.69, 9.17) is 0 Å². The van der Waals surface area contributed by atoms with Gasteiger partial charge in [-0.15, -0.1) is 0 Å². The SMILES string of the molecule is CC1=CC(c2ccccc2)Nc2ncnn21. The molecule has 0 saturated carbocycles. The average molecular weight is 212 g/mol. The Bertz CT molecular complexity index is 527. The minimum atomic E-state index is 0.179. The van der Waals surface area contributed by atoms with Crippen molar-refractivity contribution in [1.29, 1.82) is 0 Å². The van der Waals surface area contributed by atoms with E-state index < -0.39 is 0 Å². The van der Waals surface area contributed by atoms with Crippen molar-refractivity contribution in [3.05, 3.63) is 48.3 Å². The van der Waals surface area contributed by atoms with Gasteiger partial charge in [-0.2, -0.15) is 10.1 Å². The van der Waals surface area contributed by atoms with E-state index in [9.17, 15) is 0 Å². The zero-order valence-electron chi connectivity index (χ0n) is 8.96. The van der Waals surface area contributed by atoms with E-state index in [0.717, 1.165) is 11.6 Å². The summed E-state index contributed by atoms with van der Waals surface area (Å²) in [6.45, 7) is 2.04. The topological polar surface area (TPSA) is 42.7 Å². The Hall–Kier alpha value is -2.10. The van der Waals surface area contributed by atoms with Crippen LogP contribution in [0.25, 0.3) is 5.70 Å². The number of hydrogen-bond acceptors (Lipinski definition) is 3. The number of hydrogen-bond donors (Lipinski definition) is 1. The van der Waals surface area contributed by atoms with Crippen LogP contribution >= 0.6 is 0 Å². The number of nitrogens with one attached hydrogen (secondary N) is 1. The first-order chi connectivity index (χ1) is 7.84. The lowest BCUT2D eigenvalue weighted by atomic mass is 10.1. The minimum absolute atomic E-state index is 0.179. The molecular weight excluding hydrogens is 200 g/mol. The van der Waals surface area contributed by atoms with Crippen LogP contribution < -0.4 is 5.32 Å². The Morgan fingerprint density at radius 2 is 2.06 bits per heavy atom. The molecule has 0 amide bonds. The number of anilines is 1. The fourth-order valence-electron chi connectivity index (χ4n) is 1.93. The smallest absolute Gasteiger partial charge is 0.226 e. The summed E-state index contributed by atoms with van der Waals surface area (Å²) in [5.74, 6) is 0.800. The fraction of sp³-hybridized carbons (Fsp3) is 0.167. The van der Waals surface area contributed by atoms with Crippen LogP contribution in [0.4, 0.5) is 5.95 Å². The Kier molecular flexibility index (Phi) is 1.99. The van der Waals surface area contributed by atoms with Crippen LogP contribution in [0.3, 0.4) is 0 Å². The van der Waals surface area contributed by atoms with Crippen LogP contribution in [0.15, 0.2) is 42.7 Å². The molecule has 0 fully saturated rings. The van der Waals surface area contributed by atoms with Crippen molar-refractivity contribution in [1.82, 2.24) is 14.8 Å². The van der Waals surface area contributed by atoms with Crippen molar-refractivity contribution < 1.29 is 0 Å². The molecule has 2 aromatic rings. The van der Waals surface area contributed by atoms with Gasteiger partial charge in [0.2, 0.25) is 5.95 Å². The molecule has 0 spiro atoms. The maximum Gasteiger partial charge on any atom is 0.226 e. The van der Waals surface area contributed by atoms with Gasteiger partial charge >= 0.3 is 0 Å². The minimum Gasteiger partial charge on any atom is -0.344 e. The normalized spacial score (nSPS) is 18.6. The van der Waals surface area contributed by atoms with Gasteiger partial charge in [-0.05, 0) is 18.6 Å². The van der Waals surface area contributed by atoms with E-state index in [0.29, 0.717) is 0 Å². The third-order valence-electron chi connectivity index (χ3n) is 2.73. The van der Waals surface area contributed by atoms with Crippen LogP contribution in [-0.2, 0) is 0 Å². The van der Waals surface area contributed by atoms with Crippen LogP contribution in [0.5, 0.6) is 0 Å². The molecule has 1 aromatic carbocycles. The third kappa shape index (κ3) is 1.39. The lowest BCUT2D eigenvalue weighted by Gasteiger charge is -2.22. The predicted molar refractivity (Wildman–Crippen MR) is 62.8 cm³/mol. The van der Waals surface area contributed by atoms with Crippen molar-refractivity contribution in [2.75, 3.05) is 5.32 Å². The van der Waals surface area contributed by atoms with Crippen molar-refractivity contribution in [2.24, 2.45) is 0 Å². The highest BCUT2D eigenvalue weighted by atomic mass is 15.4. The van der Waals surface area contributed by atoms with E-state index in [1.165, 1.54) is 5.56 Å². The van der Waals surface area contributed by atoms with Gasteiger partial charge in [0.25, 0.3) is 0 Å². The highest BCUT2D eigenvalue weighted by Gasteiger charge is 2.18. The predicted octanol–water partition coefficient (Wildman–Crippen LogP) is 2.31. The maximum atomic E-state index is 4.18. The Labute approximate surface area is 93.6 Å². The molecule has 1 N–H and O–H groups in total. The van der Waals surface area contributed by atoms with Crippen molar-refractivity contribution in [3.8, 4) is 0 Å². The van der Waals surface area contributed by atoms with Gasteiger partial charge in [0.15, 0.2) is 0 Å². The molecule has 0 bridgehead atoms. The Balaban J connectivity index is 2.00. The van der Waals surface area contributed by atoms with Gasteiger partial charge in [-0.1, -0.05) is 30.3 Å². The van der Waals surface area contributed by atoms with Crippen LogP contribution in [-0.4, -0.2) is 14.8 Å². The van der Waals surface area contributed by atoms with Gasteiger partial charge in [-0.3, -0.25) is 0 Å². The second kappa shape index (κ2) is 3.48. The zero-order valence-corrected chi connectivity index (χ0v) is 8.96. The number of nitrogens with zero attached hydrogens (tertiary/aromatic N) is 3. The number of rotatable bonds is 1. The summed E-state index contributed by atoms with van der Waals surface area (Å²) in [6.07, 6.45) is 3.71. The lowest BCUT2D eigenvalue weighted by molar-refractivity contribution is 0.821. The molecule has 1 unspecified atom stereocenters. The summed E-state index contributed by atoms with van der Waals surface area (Å²) < 4.78 is 1.80. The van der Waals surface area contributed by atoms with E-state index in [2.05, 4.69) is 33.6 Å². The van der Waals surface area contributed by atoms with Gasteiger partial charge in [-0.25, -0.2) is 4.68 Å². The molecule has 1 atom stereocenters. The fourth-order valence-corrected chi connectivity index (χ4v) is 1.93. The highest BCUT2D eigenvalue weighted by Crippen LogP contribution is 2.27. The molecule has 0 aliphatic carbocycles. The summed E-state index contributed by atoms with van der Waals surface area (Å²) >= 11 is 0. The zero-order chi connectivity index (χ0) is 11.0. The molecular formula is C12H12N4. The molecule has 80 valence electrons. The summed E-state index contributed by atoms with van der Waals surface area (Å²) in [7, 11) is 0. The van der Waals surface area contributed by atoms with E-state index >= 15 is 0 Å². The van der Waals surface area contributed by atoms with Gasteiger partial charge in [0, 0.05) is 5.70 Å². The van der Waals surface area contributed by atoms with Crippen molar-refractivity contribution in [3.63, 3.8) is 0 Å². The maximum absolute atomic E-state index is 4.18. The van der Waals surface area contributed by atoms with E-state index in [-0.39, 0.29) is 6.04 Å². The number of aromatic nitrogens is 3. The summed E-state index contributed by atoms with van der Waals surface area (Å²) in [5, 5.41) is 7.48. The summed E-state index contributed by atoms with van der Waals surface area (Å²) in [6, 6.07) is 10.5. The summed E-state index contributed by atoms with van der Waals surface area (Å²) in [5.41, 5.74) is 2.33. The van der Waals surface area contributed by atoms with E-state index in [1.54, 1.807) is 11.0 Å². The largest absolute Gasteiger partial charge is 0.344 e. The quantitative estimate of drug-likeness (QED) is 0.788. The standard InChI is InChI=1S/C12H12N4/c1-9-7-11(10-5-3-2-4-6-10)15-12-13-8-14-16(9)12/h2-8,11H,1H3,(H,13,14,15). The molecule has 4 nitrogen and oxygen atoms in total. The first kappa shape index (κ1) is 9.15. The molecule has 16 heavy (non-hydrogen) atoms. The molecule has 1 aliphatic heterocycles. The molecule has 3 rings (SSSR count). The molecule has 0 radical (unpaired) electrons. The van der Waals surface area contributed by atoms with E-state index in [1.807, 2.05) is 25.1 Å². The number of fused-ring (bicyclic) bond motifs is 1. The van der Waals surface area contributed by atoms with Crippen LogP contribution in [0.1, 0.15) is 18.5 Å². The highest BCUT2D eigenvalue weighted by molar-refractivity contribution is 5.56. The lowest BCUT2D eigenvalue weighted by Crippen LogP contribution is -2.18. The molecule has 4 heteroatoms. The van der Waals surface area contributed by atoms with Gasteiger partial charge in [0.1, 0.15) is 6.33 Å². The van der Waals surface area contributed by atoms with Crippen LogP contribution in [0.2, 0.25) is 0 Å². The second-order valence-electron chi connectivity index (χ2n) is 3.84. The average Bonchev–Trinajstić information content (AvgIpc) is 2.79. The van der Waals surface area contributed by atoms with Crippen molar-refractivity contribution >= 4 is 11.6 Å². The van der Waals surface area contributed by atoms with Gasteiger partial charge < -0.3 is 5.32 Å². The summed E-state index contributed by atoms with van der Waals surface area (Å²) in [4.78, 5) is 4.18. The molecule has 2 heterocycles.